The maximum Gasteiger partial charge on any atom is 0.258 e. The number of anilines is 1. The van der Waals surface area contributed by atoms with Crippen LogP contribution in [-0.2, 0) is 0 Å². The van der Waals surface area contributed by atoms with Crippen LogP contribution in [0.25, 0.3) is 10.9 Å². The molecule has 24 heavy (non-hydrogen) atoms. The van der Waals surface area contributed by atoms with Crippen molar-refractivity contribution in [3.8, 4) is 6.07 Å². The lowest BCUT2D eigenvalue weighted by Gasteiger charge is -2.25. The van der Waals surface area contributed by atoms with Crippen molar-refractivity contribution in [2.75, 3.05) is 11.4 Å². The van der Waals surface area contributed by atoms with E-state index in [2.05, 4.69) is 26.2 Å². The highest BCUT2D eigenvalue weighted by Crippen LogP contribution is 2.34. The monoisotopic (exact) mass is 318 g/mol. The normalized spacial score (nSPS) is 17.1. The number of para-hydroxylation sites is 1. The molecule has 0 radical (unpaired) electrons. The third-order valence-electron chi connectivity index (χ3n) is 4.29. The summed E-state index contributed by atoms with van der Waals surface area (Å²) < 4.78 is 0. The van der Waals surface area contributed by atoms with Crippen LogP contribution in [-0.4, -0.2) is 26.7 Å². The van der Waals surface area contributed by atoms with E-state index in [1.807, 2.05) is 23.1 Å². The molecule has 0 aliphatic carbocycles. The third-order valence-corrected chi connectivity index (χ3v) is 4.29. The molecule has 4 rings (SSSR count). The molecule has 7 nitrogen and oxygen atoms in total. The number of aromatic nitrogens is 4. The first kappa shape index (κ1) is 14.3. The van der Waals surface area contributed by atoms with E-state index < -0.39 is 0 Å². The van der Waals surface area contributed by atoms with Crippen LogP contribution in [0, 0.1) is 11.3 Å². The van der Waals surface area contributed by atoms with Gasteiger partial charge in [0.25, 0.3) is 5.56 Å². The second-order valence-electron chi connectivity index (χ2n) is 5.70. The lowest BCUT2D eigenvalue weighted by atomic mass is 10.1. The lowest BCUT2D eigenvalue weighted by molar-refractivity contribution is 0.657. The Morgan fingerprint density at radius 2 is 2.17 bits per heavy atom. The average Bonchev–Trinajstić information content (AvgIpc) is 3.11. The van der Waals surface area contributed by atoms with Gasteiger partial charge >= 0.3 is 0 Å². The Morgan fingerprint density at radius 1 is 1.29 bits per heavy atom. The van der Waals surface area contributed by atoms with Gasteiger partial charge in [0.1, 0.15) is 11.9 Å². The average molecular weight is 318 g/mol. The Morgan fingerprint density at radius 3 is 3.04 bits per heavy atom. The van der Waals surface area contributed by atoms with Gasteiger partial charge in [0, 0.05) is 6.54 Å². The van der Waals surface area contributed by atoms with Crippen molar-refractivity contribution >= 4 is 16.7 Å². The van der Waals surface area contributed by atoms with Gasteiger partial charge in [-0.25, -0.2) is 4.98 Å². The summed E-state index contributed by atoms with van der Waals surface area (Å²) in [4.78, 5) is 21.8. The first-order valence-electron chi connectivity index (χ1n) is 7.75. The molecule has 0 amide bonds. The molecule has 1 N–H and O–H groups in total. The summed E-state index contributed by atoms with van der Waals surface area (Å²) in [6.45, 7) is 0.745. The van der Waals surface area contributed by atoms with Crippen LogP contribution >= 0.6 is 0 Å². The molecule has 1 atom stereocenters. The van der Waals surface area contributed by atoms with E-state index in [4.69, 9.17) is 0 Å². The van der Waals surface area contributed by atoms with Crippen molar-refractivity contribution in [1.82, 2.24) is 20.2 Å². The summed E-state index contributed by atoms with van der Waals surface area (Å²) in [5.41, 5.74) is 0.991. The Labute approximate surface area is 137 Å². The molecular weight excluding hydrogens is 304 g/mol. The van der Waals surface area contributed by atoms with Gasteiger partial charge in [-0.3, -0.25) is 4.79 Å². The van der Waals surface area contributed by atoms with Crippen LogP contribution in [0.15, 0.2) is 41.3 Å². The van der Waals surface area contributed by atoms with Gasteiger partial charge in [0.05, 0.1) is 28.7 Å². The van der Waals surface area contributed by atoms with Crippen molar-refractivity contribution in [2.24, 2.45) is 0 Å². The molecule has 0 spiro atoms. The van der Waals surface area contributed by atoms with Crippen LogP contribution in [0.3, 0.4) is 0 Å². The van der Waals surface area contributed by atoms with Gasteiger partial charge in [0.2, 0.25) is 0 Å². The maximum atomic E-state index is 12.3. The van der Waals surface area contributed by atoms with Gasteiger partial charge in [-0.2, -0.15) is 10.4 Å². The number of rotatable bonds is 2. The Hall–Kier alpha value is -3.27. The highest BCUT2D eigenvalue weighted by Gasteiger charge is 2.31. The van der Waals surface area contributed by atoms with Crippen LogP contribution in [0.4, 0.5) is 5.82 Å². The minimum atomic E-state index is -0.151. The smallest absolute Gasteiger partial charge is 0.258 e. The summed E-state index contributed by atoms with van der Waals surface area (Å²) in [6.07, 6.45) is 3.27. The zero-order valence-corrected chi connectivity index (χ0v) is 12.8. The number of hydrogen-bond donors (Lipinski definition) is 1. The quantitative estimate of drug-likeness (QED) is 0.775. The highest BCUT2D eigenvalue weighted by atomic mass is 16.1. The summed E-state index contributed by atoms with van der Waals surface area (Å²) in [7, 11) is 0. The first-order valence-corrected chi connectivity index (χ1v) is 7.75. The van der Waals surface area contributed by atoms with Crippen LogP contribution in [0.1, 0.15) is 30.3 Å². The number of hydrogen-bond acceptors (Lipinski definition) is 6. The Kier molecular flexibility index (Phi) is 3.43. The first-order chi connectivity index (χ1) is 11.8. The second kappa shape index (κ2) is 5.74. The van der Waals surface area contributed by atoms with Crippen LogP contribution in [0.5, 0.6) is 0 Å². The molecule has 1 aromatic carbocycles. The fraction of sp³-hybridized carbons (Fsp3) is 0.235. The van der Waals surface area contributed by atoms with E-state index >= 15 is 0 Å². The van der Waals surface area contributed by atoms with E-state index in [1.165, 1.54) is 6.20 Å². The molecule has 0 bridgehead atoms. The predicted molar refractivity (Wildman–Crippen MR) is 88.4 cm³/mol. The van der Waals surface area contributed by atoms with Gasteiger partial charge in [-0.15, -0.1) is 5.10 Å². The number of nitrogens with one attached hydrogen (secondary N) is 1. The zero-order chi connectivity index (χ0) is 16.5. The molecule has 1 aliphatic heterocycles. The maximum absolute atomic E-state index is 12.3. The molecular formula is C17H14N6O. The highest BCUT2D eigenvalue weighted by molar-refractivity contribution is 5.77. The minimum Gasteiger partial charge on any atom is -0.344 e. The Balaban J connectivity index is 1.81. The van der Waals surface area contributed by atoms with Crippen LogP contribution in [0.2, 0.25) is 0 Å². The predicted octanol–water partition coefficient (Wildman–Crippen LogP) is 1.93. The van der Waals surface area contributed by atoms with Gasteiger partial charge < -0.3 is 9.88 Å². The van der Waals surface area contributed by atoms with E-state index in [-0.39, 0.29) is 11.6 Å². The van der Waals surface area contributed by atoms with E-state index in [9.17, 15) is 10.1 Å². The fourth-order valence-electron chi connectivity index (χ4n) is 3.19. The van der Waals surface area contributed by atoms with Crippen molar-refractivity contribution in [2.45, 2.75) is 18.9 Å². The standard InChI is InChI=1S/C17H14N6O/c18-10-11-7-8-19-22-16(11)23-9-3-6-14(23)15-20-13-5-2-1-4-12(13)17(24)21-15/h1-2,4-5,7-8,14H,3,6,9H2,(H,20,21,24). The number of fused-ring (bicyclic) bond motifs is 1. The van der Waals surface area contributed by atoms with Gasteiger partial charge in [-0.1, -0.05) is 12.1 Å². The van der Waals surface area contributed by atoms with E-state index in [1.54, 1.807) is 12.1 Å². The van der Waals surface area contributed by atoms with E-state index in [0.717, 1.165) is 19.4 Å². The van der Waals surface area contributed by atoms with Crippen molar-refractivity contribution in [3.05, 3.63) is 58.3 Å². The summed E-state index contributed by atoms with van der Waals surface area (Å²) in [5.74, 6) is 1.14. The second-order valence-corrected chi connectivity index (χ2v) is 5.70. The molecule has 3 aromatic rings. The summed E-state index contributed by atoms with van der Waals surface area (Å²) >= 11 is 0. The molecule has 3 heterocycles. The van der Waals surface area contributed by atoms with E-state index in [0.29, 0.717) is 28.1 Å². The largest absolute Gasteiger partial charge is 0.344 e. The molecule has 7 heteroatoms. The fourth-order valence-corrected chi connectivity index (χ4v) is 3.19. The van der Waals surface area contributed by atoms with Gasteiger partial charge in [0.15, 0.2) is 5.82 Å². The van der Waals surface area contributed by atoms with Crippen molar-refractivity contribution in [1.29, 1.82) is 5.26 Å². The molecule has 1 fully saturated rings. The van der Waals surface area contributed by atoms with Crippen molar-refractivity contribution < 1.29 is 0 Å². The molecule has 1 saturated heterocycles. The Bertz CT molecular complexity index is 1010. The topological polar surface area (TPSA) is 98.6 Å². The number of benzene rings is 1. The number of nitrogens with zero attached hydrogens (tertiary/aromatic N) is 5. The number of aromatic amines is 1. The number of H-pyrrole nitrogens is 1. The SMILES string of the molecule is N#Cc1ccnnc1N1CCCC1c1nc2ccccc2c(=O)[nH]1. The molecule has 2 aromatic heterocycles. The minimum absolute atomic E-state index is 0.119. The van der Waals surface area contributed by atoms with Crippen molar-refractivity contribution in [3.63, 3.8) is 0 Å². The van der Waals surface area contributed by atoms with Crippen LogP contribution < -0.4 is 10.5 Å². The molecule has 0 saturated carbocycles. The lowest BCUT2D eigenvalue weighted by Crippen LogP contribution is -2.28. The molecule has 1 unspecified atom stereocenters. The number of nitriles is 1. The summed E-state index contributed by atoms with van der Waals surface area (Å²) in [5, 5.41) is 17.9. The zero-order valence-electron chi connectivity index (χ0n) is 12.8. The summed E-state index contributed by atoms with van der Waals surface area (Å²) in [6, 6.07) is 10.9. The van der Waals surface area contributed by atoms with Gasteiger partial charge in [-0.05, 0) is 31.0 Å². The third kappa shape index (κ3) is 2.29. The molecule has 1 aliphatic rings. The molecule has 118 valence electrons.